The summed E-state index contributed by atoms with van der Waals surface area (Å²) in [5.41, 5.74) is 0.430. The molecule has 6 nitrogen and oxygen atoms in total. The summed E-state index contributed by atoms with van der Waals surface area (Å²) in [6.07, 6.45) is 2.68. The third kappa shape index (κ3) is 3.74. The number of carbonyl (C=O) groups is 4. The highest BCUT2D eigenvalue weighted by molar-refractivity contribution is 6.42. The van der Waals surface area contributed by atoms with E-state index in [1.807, 2.05) is 0 Å². The highest BCUT2D eigenvalue weighted by Crippen LogP contribution is 2.56. The highest BCUT2D eigenvalue weighted by Gasteiger charge is 2.62. The molecule has 33 heavy (non-hydrogen) atoms. The van der Waals surface area contributed by atoms with Crippen LogP contribution in [0.25, 0.3) is 0 Å². The smallest absolute Gasteiger partial charge is 0.273 e. The van der Waals surface area contributed by atoms with Gasteiger partial charge in [-0.1, -0.05) is 34.8 Å². The van der Waals surface area contributed by atoms with Gasteiger partial charge in [0.05, 0.1) is 21.9 Å². The molecule has 2 aromatic carbocycles. The predicted molar refractivity (Wildman–Crippen MR) is 123 cm³/mol. The van der Waals surface area contributed by atoms with Crippen molar-refractivity contribution in [2.24, 2.45) is 23.7 Å². The fourth-order valence-corrected chi connectivity index (χ4v) is 5.93. The lowest BCUT2D eigenvalue weighted by molar-refractivity contribution is -0.154. The molecule has 3 amide bonds. The number of rotatable bonds is 5. The van der Waals surface area contributed by atoms with Gasteiger partial charge in [-0.2, -0.15) is 5.01 Å². The van der Waals surface area contributed by atoms with Gasteiger partial charge in [-0.3, -0.25) is 19.2 Å². The first-order chi connectivity index (χ1) is 15.8. The Kier molecular flexibility index (Phi) is 5.71. The molecule has 3 aliphatic rings. The predicted octanol–water partition coefficient (Wildman–Crippen LogP) is 4.92. The van der Waals surface area contributed by atoms with Crippen LogP contribution in [0.1, 0.15) is 40.0 Å². The second-order valence-corrected chi connectivity index (χ2v) is 10.0. The van der Waals surface area contributed by atoms with Crippen LogP contribution in [0.5, 0.6) is 0 Å². The highest BCUT2D eigenvalue weighted by atomic mass is 35.5. The molecule has 0 aromatic heterocycles. The zero-order valence-corrected chi connectivity index (χ0v) is 19.6. The molecule has 170 valence electrons. The van der Waals surface area contributed by atoms with Crippen LogP contribution in [0.2, 0.25) is 15.1 Å². The summed E-state index contributed by atoms with van der Waals surface area (Å²) < 4.78 is 0. The normalized spacial score (nSPS) is 25.5. The van der Waals surface area contributed by atoms with Gasteiger partial charge in [0.15, 0.2) is 5.78 Å². The maximum Gasteiger partial charge on any atom is 0.273 e. The lowest BCUT2D eigenvalue weighted by Crippen LogP contribution is -2.52. The number of amides is 3. The van der Waals surface area contributed by atoms with Crippen LogP contribution in [-0.4, -0.2) is 40.1 Å². The summed E-state index contributed by atoms with van der Waals surface area (Å²) >= 11 is 18.0. The van der Waals surface area contributed by atoms with E-state index in [0.29, 0.717) is 10.6 Å². The molecule has 4 atom stereocenters. The molecule has 2 bridgehead atoms. The second kappa shape index (κ2) is 8.42. The van der Waals surface area contributed by atoms with Crippen molar-refractivity contribution in [1.82, 2.24) is 10.0 Å². The van der Waals surface area contributed by atoms with E-state index in [0.717, 1.165) is 29.3 Å². The van der Waals surface area contributed by atoms with Gasteiger partial charge in [0.25, 0.3) is 17.7 Å². The Morgan fingerprint density at radius 3 is 2.00 bits per heavy atom. The molecule has 0 radical (unpaired) electrons. The van der Waals surface area contributed by atoms with Gasteiger partial charge < -0.3 is 0 Å². The Balaban J connectivity index is 1.51. The summed E-state index contributed by atoms with van der Waals surface area (Å²) in [7, 11) is 0. The molecule has 1 aliphatic heterocycles. The summed E-state index contributed by atoms with van der Waals surface area (Å²) in [4.78, 5) is 53.3. The third-order valence-electron chi connectivity index (χ3n) is 7.01. The molecule has 2 aromatic rings. The van der Waals surface area contributed by atoms with Crippen molar-refractivity contribution >= 4 is 58.3 Å². The van der Waals surface area contributed by atoms with Gasteiger partial charge in [-0.05, 0) is 73.6 Å². The van der Waals surface area contributed by atoms with Crippen LogP contribution < -0.4 is 0 Å². The molecule has 9 heteroatoms. The molecule has 0 unspecified atom stereocenters. The largest absolute Gasteiger partial charge is 0.292 e. The monoisotopic (exact) mass is 504 g/mol. The van der Waals surface area contributed by atoms with Crippen molar-refractivity contribution in [1.29, 1.82) is 0 Å². The van der Waals surface area contributed by atoms with Gasteiger partial charge in [-0.25, -0.2) is 5.01 Å². The molecular weight excluding hydrogens is 487 g/mol. The fourth-order valence-electron chi connectivity index (χ4n) is 5.51. The van der Waals surface area contributed by atoms with Gasteiger partial charge >= 0.3 is 0 Å². The van der Waals surface area contributed by atoms with Crippen LogP contribution in [-0.2, 0) is 9.59 Å². The molecule has 5 rings (SSSR count). The molecule has 0 N–H and O–H groups in total. The molecule has 2 saturated carbocycles. The number of hydrogen-bond donors (Lipinski definition) is 0. The molecular formula is C24H19Cl3N2O4. The number of ketones is 1. The van der Waals surface area contributed by atoms with Crippen LogP contribution in [0, 0.1) is 23.7 Å². The lowest BCUT2D eigenvalue weighted by atomic mass is 9.81. The molecule has 0 spiro atoms. The van der Waals surface area contributed by atoms with Crippen LogP contribution in [0.15, 0.2) is 42.5 Å². The third-order valence-corrected chi connectivity index (χ3v) is 8.00. The SMILES string of the molecule is O=C(CN(C(=O)c1ccc(Cl)c(Cl)c1)N1C(=O)[C@@H]2[C@H]3CC[C@@H](C3)[C@H]2C1=O)c1ccc(Cl)cc1. The van der Waals surface area contributed by atoms with Gasteiger partial charge in [-0.15, -0.1) is 0 Å². The van der Waals surface area contributed by atoms with Gasteiger partial charge in [0.1, 0.15) is 6.54 Å². The maximum atomic E-state index is 13.5. The van der Waals surface area contributed by atoms with E-state index in [4.69, 9.17) is 34.8 Å². The van der Waals surface area contributed by atoms with Crippen molar-refractivity contribution < 1.29 is 19.2 Å². The Morgan fingerprint density at radius 1 is 0.848 bits per heavy atom. The van der Waals surface area contributed by atoms with E-state index >= 15 is 0 Å². The van der Waals surface area contributed by atoms with Crippen LogP contribution >= 0.6 is 34.8 Å². The lowest BCUT2D eigenvalue weighted by Gasteiger charge is -2.31. The quantitative estimate of drug-likeness (QED) is 0.427. The summed E-state index contributed by atoms with van der Waals surface area (Å²) in [5, 5.41) is 2.73. The average Bonchev–Trinajstić information content (AvgIpc) is 3.48. The number of hydrogen-bond acceptors (Lipinski definition) is 4. The Labute approximate surface area is 205 Å². The van der Waals surface area contributed by atoms with E-state index < -0.39 is 41.9 Å². The van der Waals surface area contributed by atoms with Crippen molar-refractivity contribution in [2.75, 3.05) is 6.54 Å². The molecule has 1 heterocycles. The summed E-state index contributed by atoms with van der Waals surface area (Å²) in [6, 6.07) is 10.5. The maximum absolute atomic E-state index is 13.5. The first-order valence-electron chi connectivity index (χ1n) is 10.7. The van der Waals surface area contributed by atoms with Crippen molar-refractivity contribution in [3.63, 3.8) is 0 Å². The van der Waals surface area contributed by atoms with E-state index in [-0.39, 0.29) is 27.4 Å². The van der Waals surface area contributed by atoms with Gasteiger partial charge in [0, 0.05) is 16.1 Å². The Morgan fingerprint density at radius 2 is 1.42 bits per heavy atom. The van der Waals surface area contributed by atoms with E-state index in [1.54, 1.807) is 12.1 Å². The Bertz CT molecular complexity index is 1150. The molecule has 3 fully saturated rings. The summed E-state index contributed by atoms with van der Waals surface area (Å²) in [5.74, 6) is -2.47. The van der Waals surface area contributed by atoms with Crippen molar-refractivity contribution in [3.8, 4) is 0 Å². The minimum atomic E-state index is -0.676. The zero-order valence-electron chi connectivity index (χ0n) is 17.3. The minimum absolute atomic E-state index is 0.119. The number of nitrogens with zero attached hydrogens (tertiary/aromatic N) is 2. The first kappa shape index (κ1) is 22.4. The average molecular weight is 506 g/mol. The number of halogens is 3. The van der Waals surface area contributed by atoms with Crippen molar-refractivity contribution in [2.45, 2.75) is 19.3 Å². The van der Waals surface area contributed by atoms with E-state index in [9.17, 15) is 19.2 Å². The number of fused-ring (bicyclic) bond motifs is 5. The standard InChI is InChI=1S/C24H19Cl3N2O4/c25-16-6-3-12(4-7-16)19(30)11-28(22(31)15-5-8-17(26)18(27)10-15)29-23(32)20-13-1-2-14(9-13)21(20)24(29)33/h3-8,10,13-14,20-21H,1-2,9,11H2/t13-,14-,20+,21+/m0/s1. The fraction of sp³-hybridized carbons (Fsp3) is 0.333. The second-order valence-electron chi connectivity index (χ2n) is 8.79. The number of Topliss-reactive ketones (excluding diaryl/α,β-unsaturated/α-hetero) is 1. The van der Waals surface area contributed by atoms with E-state index in [1.165, 1.54) is 30.3 Å². The van der Waals surface area contributed by atoms with Gasteiger partial charge in [0.2, 0.25) is 0 Å². The minimum Gasteiger partial charge on any atom is -0.292 e. The van der Waals surface area contributed by atoms with E-state index in [2.05, 4.69) is 0 Å². The number of carbonyl (C=O) groups excluding carboxylic acids is 4. The number of imide groups is 1. The zero-order chi connectivity index (χ0) is 23.4. The van der Waals surface area contributed by atoms with Crippen LogP contribution in [0.4, 0.5) is 0 Å². The van der Waals surface area contributed by atoms with Crippen LogP contribution in [0.3, 0.4) is 0 Å². The number of benzene rings is 2. The first-order valence-corrected chi connectivity index (χ1v) is 11.8. The Hall–Kier alpha value is -2.41. The van der Waals surface area contributed by atoms with Crippen molar-refractivity contribution in [3.05, 3.63) is 68.7 Å². The molecule has 2 aliphatic carbocycles. The number of hydrazine groups is 1. The molecule has 1 saturated heterocycles. The topological polar surface area (TPSA) is 74.8 Å². The summed E-state index contributed by atoms with van der Waals surface area (Å²) in [6.45, 7) is -0.479.